The molecule has 1 aliphatic heterocycles. The average molecular weight is 335 g/mol. The number of likely N-dealkylation sites (tertiary alicyclic amines) is 1. The summed E-state index contributed by atoms with van der Waals surface area (Å²) in [5.74, 6) is 1.99. The van der Waals surface area contributed by atoms with Gasteiger partial charge in [-0.2, -0.15) is 0 Å². The third-order valence-corrected chi connectivity index (χ3v) is 4.81. The van der Waals surface area contributed by atoms with Gasteiger partial charge in [-0.25, -0.2) is 9.97 Å². The Hall–Kier alpha value is -2.69. The van der Waals surface area contributed by atoms with Crippen molar-refractivity contribution < 1.29 is 9.21 Å². The third kappa shape index (κ3) is 3.14. The molecule has 0 N–H and O–H groups in total. The maximum Gasteiger partial charge on any atom is 0.253 e. The largest absolute Gasteiger partial charge is 0.461 e. The van der Waals surface area contributed by atoms with Crippen LogP contribution in [-0.4, -0.2) is 33.9 Å². The first-order valence-electron chi connectivity index (χ1n) is 8.69. The first-order valence-corrected chi connectivity index (χ1v) is 8.69. The van der Waals surface area contributed by atoms with Crippen LogP contribution in [0.1, 0.15) is 46.4 Å². The summed E-state index contributed by atoms with van der Waals surface area (Å²) >= 11 is 0. The fourth-order valence-corrected chi connectivity index (χ4v) is 3.60. The normalized spacial score (nSPS) is 17.8. The van der Waals surface area contributed by atoms with Crippen LogP contribution >= 0.6 is 0 Å². The predicted octanol–water partition coefficient (Wildman–Crippen LogP) is 3.86. The van der Waals surface area contributed by atoms with Crippen LogP contribution in [0.15, 0.2) is 40.9 Å². The quantitative estimate of drug-likeness (QED) is 0.713. The molecular formula is C20H21N3O2. The van der Waals surface area contributed by atoms with Gasteiger partial charge in [-0.3, -0.25) is 4.79 Å². The Morgan fingerprint density at radius 2 is 2.12 bits per heavy atom. The number of carbonyl (C=O) groups is 1. The smallest absolute Gasteiger partial charge is 0.253 e. The van der Waals surface area contributed by atoms with E-state index in [2.05, 4.69) is 9.97 Å². The SMILES string of the molecule is Cc1nccc([C@@H]2CCCN(C(=O)c3ccc4oc(C)cc4c3)C2)n1. The number of carbonyl (C=O) groups excluding carboxylic acids is 1. The number of nitrogens with zero attached hydrogens (tertiary/aromatic N) is 3. The van der Waals surface area contributed by atoms with Crippen LogP contribution < -0.4 is 0 Å². The number of aryl methyl sites for hydroxylation is 2. The molecule has 1 atom stereocenters. The number of furan rings is 1. The van der Waals surface area contributed by atoms with E-state index in [9.17, 15) is 4.79 Å². The lowest BCUT2D eigenvalue weighted by molar-refractivity contribution is 0.0706. The van der Waals surface area contributed by atoms with Crippen molar-refractivity contribution in [3.05, 3.63) is 59.4 Å². The van der Waals surface area contributed by atoms with Crippen LogP contribution in [-0.2, 0) is 0 Å². The number of benzene rings is 1. The van der Waals surface area contributed by atoms with E-state index < -0.39 is 0 Å². The van der Waals surface area contributed by atoms with E-state index in [1.165, 1.54) is 0 Å². The molecule has 25 heavy (non-hydrogen) atoms. The second kappa shape index (κ2) is 6.31. The van der Waals surface area contributed by atoms with Crippen LogP contribution in [0, 0.1) is 13.8 Å². The molecule has 4 rings (SSSR count). The minimum absolute atomic E-state index is 0.0798. The number of hydrogen-bond acceptors (Lipinski definition) is 4. The van der Waals surface area contributed by atoms with Crippen molar-refractivity contribution in [3.8, 4) is 0 Å². The highest BCUT2D eigenvalue weighted by Crippen LogP contribution is 2.27. The zero-order valence-electron chi connectivity index (χ0n) is 14.5. The van der Waals surface area contributed by atoms with Gasteiger partial charge in [0.05, 0.1) is 0 Å². The van der Waals surface area contributed by atoms with Gasteiger partial charge in [0, 0.05) is 41.8 Å². The first kappa shape index (κ1) is 15.8. The molecule has 1 fully saturated rings. The standard InChI is InChI=1S/C20H21N3O2/c1-13-10-17-11-15(5-6-19(17)25-13)20(24)23-9-3-4-16(12-23)18-7-8-21-14(2)22-18/h5-8,10-11,16H,3-4,9,12H2,1-2H3/t16-/m1/s1. The van der Waals surface area contributed by atoms with E-state index in [-0.39, 0.29) is 11.8 Å². The molecule has 3 aromatic rings. The van der Waals surface area contributed by atoms with Crippen molar-refractivity contribution in [1.29, 1.82) is 0 Å². The molecule has 5 nitrogen and oxygen atoms in total. The monoisotopic (exact) mass is 335 g/mol. The highest BCUT2D eigenvalue weighted by molar-refractivity contribution is 5.98. The predicted molar refractivity (Wildman–Crippen MR) is 95.6 cm³/mol. The molecule has 128 valence electrons. The van der Waals surface area contributed by atoms with Crippen molar-refractivity contribution in [3.63, 3.8) is 0 Å². The summed E-state index contributed by atoms with van der Waals surface area (Å²) in [5, 5.41) is 0.975. The Morgan fingerprint density at radius 1 is 1.24 bits per heavy atom. The molecule has 0 unspecified atom stereocenters. The summed E-state index contributed by atoms with van der Waals surface area (Å²) in [5.41, 5.74) is 2.57. The number of aromatic nitrogens is 2. The van der Waals surface area contributed by atoms with Gasteiger partial charge in [0.1, 0.15) is 17.2 Å². The van der Waals surface area contributed by atoms with E-state index in [0.717, 1.165) is 47.6 Å². The fraction of sp³-hybridized carbons (Fsp3) is 0.350. The zero-order chi connectivity index (χ0) is 17.4. The Balaban J connectivity index is 1.56. The Morgan fingerprint density at radius 3 is 2.96 bits per heavy atom. The molecule has 3 heterocycles. The van der Waals surface area contributed by atoms with Crippen LogP contribution in [0.3, 0.4) is 0 Å². The van der Waals surface area contributed by atoms with Crippen LogP contribution in [0.2, 0.25) is 0 Å². The van der Waals surface area contributed by atoms with E-state index in [0.29, 0.717) is 12.1 Å². The number of piperidine rings is 1. The van der Waals surface area contributed by atoms with Gasteiger partial charge < -0.3 is 9.32 Å². The van der Waals surface area contributed by atoms with Gasteiger partial charge in [-0.1, -0.05) is 0 Å². The van der Waals surface area contributed by atoms with Gasteiger partial charge in [-0.05, 0) is 57.0 Å². The molecule has 2 aromatic heterocycles. The first-order chi connectivity index (χ1) is 12.1. The van der Waals surface area contributed by atoms with Crippen LogP contribution in [0.25, 0.3) is 11.0 Å². The highest BCUT2D eigenvalue weighted by atomic mass is 16.3. The van der Waals surface area contributed by atoms with Crippen molar-refractivity contribution in [1.82, 2.24) is 14.9 Å². The van der Waals surface area contributed by atoms with Gasteiger partial charge in [0.25, 0.3) is 5.91 Å². The molecule has 1 aliphatic rings. The Kier molecular flexibility index (Phi) is 3.99. The summed E-state index contributed by atoms with van der Waals surface area (Å²) in [6.07, 6.45) is 3.85. The Bertz CT molecular complexity index is 932. The van der Waals surface area contributed by atoms with Crippen LogP contribution in [0.4, 0.5) is 0 Å². The van der Waals surface area contributed by atoms with E-state index in [1.54, 1.807) is 6.20 Å². The van der Waals surface area contributed by atoms with Crippen molar-refractivity contribution in [2.24, 2.45) is 0 Å². The molecule has 0 bridgehead atoms. The summed E-state index contributed by atoms with van der Waals surface area (Å²) in [7, 11) is 0. The summed E-state index contributed by atoms with van der Waals surface area (Å²) in [4.78, 5) is 23.6. The lowest BCUT2D eigenvalue weighted by atomic mass is 9.94. The second-order valence-corrected chi connectivity index (χ2v) is 6.73. The van der Waals surface area contributed by atoms with E-state index in [4.69, 9.17) is 4.42 Å². The van der Waals surface area contributed by atoms with Gasteiger partial charge >= 0.3 is 0 Å². The van der Waals surface area contributed by atoms with Crippen molar-refractivity contribution in [2.45, 2.75) is 32.6 Å². The molecule has 5 heteroatoms. The average Bonchev–Trinajstić information content (AvgIpc) is 3.00. The summed E-state index contributed by atoms with van der Waals surface area (Å²) < 4.78 is 5.60. The molecule has 1 aromatic carbocycles. The molecular weight excluding hydrogens is 314 g/mol. The molecule has 1 amide bonds. The fourth-order valence-electron chi connectivity index (χ4n) is 3.60. The maximum atomic E-state index is 13.0. The maximum absolute atomic E-state index is 13.0. The molecule has 0 saturated carbocycles. The lowest BCUT2D eigenvalue weighted by Crippen LogP contribution is -2.39. The number of amides is 1. The molecule has 0 radical (unpaired) electrons. The molecule has 0 aliphatic carbocycles. The van der Waals surface area contributed by atoms with Crippen molar-refractivity contribution >= 4 is 16.9 Å². The number of hydrogen-bond donors (Lipinski definition) is 0. The molecule has 0 spiro atoms. The summed E-state index contributed by atoms with van der Waals surface area (Å²) in [6.45, 7) is 5.32. The molecule has 1 saturated heterocycles. The van der Waals surface area contributed by atoms with E-state index in [1.807, 2.05) is 49.1 Å². The third-order valence-electron chi connectivity index (χ3n) is 4.81. The minimum atomic E-state index is 0.0798. The zero-order valence-corrected chi connectivity index (χ0v) is 14.5. The topological polar surface area (TPSA) is 59.2 Å². The minimum Gasteiger partial charge on any atom is -0.461 e. The second-order valence-electron chi connectivity index (χ2n) is 6.73. The van der Waals surface area contributed by atoms with Gasteiger partial charge in [0.2, 0.25) is 0 Å². The van der Waals surface area contributed by atoms with Gasteiger partial charge in [-0.15, -0.1) is 0 Å². The number of fused-ring (bicyclic) bond motifs is 1. The van der Waals surface area contributed by atoms with Crippen molar-refractivity contribution in [2.75, 3.05) is 13.1 Å². The lowest BCUT2D eigenvalue weighted by Gasteiger charge is -2.32. The van der Waals surface area contributed by atoms with Crippen LogP contribution in [0.5, 0.6) is 0 Å². The Labute approximate surface area is 146 Å². The summed E-state index contributed by atoms with van der Waals surface area (Å²) in [6, 6.07) is 9.59. The van der Waals surface area contributed by atoms with E-state index >= 15 is 0 Å². The number of rotatable bonds is 2. The highest BCUT2D eigenvalue weighted by Gasteiger charge is 2.26. The van der Waals surface area contributed by atoms with Gasteiger partial charge in [0.15, 0.2) is 0 Å².